The Labute approximate surface area is 132 Å². The third-order valence-corrected chi connectivity index (χ3v) is 2.68. The molecule has 5 nitrogen and oxygen atoms in total. The molecular formula is C13H17ClF3N3O2. The van der Waals surface area contributed by atoms with Crippen LogP contribution in [0, 0.1) is 0 Å². The van der Waals surface area contributed by atoms with Crippen LogP contribution >= 0.6 is 12.4 Å². The number of amides is 2. The van der Waals surface area contributed by atoms with Gasteiger partial charge in [0.25, 0.3) is 0 Å². The average Bonchev–Trinajstić information content (AvgIpc) is 2.43. The first kappa shape index (κ1) is 20.2. The molecule has 0 atom stereocenters. The molecule has 0 heterocycles. The predicted octanol–water partition coefficient (Wildman–Crippen LogP) is 1.92. The summed E-state index contributed by atoms with van der Waals surface area (Å²) in [5, 5.41) is 2.49. The van der Waals surface area contributed by atoms with Crippen molar-refractivity contribution in [3.05, 3.63) is 29.8 Å². The number of nitrogens with one attached hydrogen (secondary N) is 1. The molecule has 1 rings (SSSR count). The van der Waals surface area contributed by atoms with Crippen LogP contribution in [-0.2, 0) is 16.1 Å². The zero-order chi connectivity index (χ0) is 16.0. The lowest BCUT2D eigenvalue weighted by Crippen LogP contribution is -2.40. The van der Waals surface area contributed by atoms with Crippen LogP contribution in [0.2, 0.25) is 0 Å². The highest BCUT2D eigenvalue weighted by atomic mass is 35.5. The van der Waals surface area contributed by atoms with E-state index in [-0.39, 0.29) is 32.0 Å². The summed E-state index contributed by atoms with van der Waals surface area (Å²) < 4.78 is 37.3. The van der Waals surface area contributed by atoms with Crippen molar-refractivity contribution in [1.29, 1.82) is 0 Å². The van der Waals surface area contributed by atoms with Crippen molar-refractivity contribution in [3.63, 3.8) is 0 Å². The van der Waals surface area contributed by atoms with Gasteiger partial charge in [-0.3, -0.25) is 9.59 Å². The molecule has 9 heteroatoms. The summed E-state index contributed by atoms with van der Waals surface area (Å²) in [6.07, 6.45) is -4.90. The van der Waals surface area contributed by atoms with Crippen LogP contribution in [0.25, 0.3) is 0 Å². The van der Waals surface area contributed by atoms with Gasteiger partial charge in [-0.15, -0.1) is 12.4 Å². The van der Waals surface area contributed by atoms with E-state index >= 15 is 0 Å². The molecule has 0 aromatic heterocycles. The van der Waals surface area contributed by atoms with Crippen LogP contribution in [0.5, 0.6) is 0 Å². The fraction of sp³-hybridized carbons (Fsp3) is 0.385. The molecule has 0 saturated carbocycles. The number of hydrogen-bond donors (Lipinski definition) is 2. The van der Waals surface area contributed by atoms with Gasteiger partial charge >= 0.3 is 12.1 Å². The maximum absolute atomic E-state index is 12.4. The zero-order valence-corrected chi connectivity index (χ0v) is 12.6. The molecule has 0 aliphatic carbocycles. The minimum atomic E-state index is -4.90. The summed E-state index contributed by atoms with van der Waals surface area (Å²) in [5.41, 5.74) is 6.05. The van der Waals surface area contributed by atoms with Crippen molar-refractivity contribution in [3.8, 4) is 0 Å². The number of alkyl halides is 3. The number of carbonyl (C=O) groups excluding carboxylic acids is 2. The van der Waals surface area contributed by atoms with Crippen LogP contribution in [0.4, 0.5) is 18.9 Å². The highest BCUT2D eigenvalue weighted by Gasteiger charge is 2.41. The van der Waals surface area contributed by atoms with Crippen LogP contribution in [0.15, 0.2) is 24.3 Å². The lowest BCUT2D eigenvalue weighted by Gasteiger charge is -2.22. The number of halogens is 4. The van der Waals surface area contributed by atoms with Crippen molar-refractivity contribution >= 4 is 29.9 Å². The number of anilines is 1. The number of rotatable bonds is 5. The van der Waals surface area contributed by atoms with Crippen molar-refractivity contribution in [2.45, 2.75) is 19.6 Å². The first-order valence-corrected chi connectivity index (χ1v) is 6.23. The number of benzene rings is 1. The molecule has 3 N–H and O–H groups in total. The number of carbonyl (C=O) groups is 2. The molecular weight excluding hydrogens is 323 g/mol. The Morgan fingerprint density at radius 3 is 2.45 bits per heavy atom. The topological polar surface area (TPSA) is 75.4 Å². The summed E-state index contributed by atoms with van der Waals surface area (Å²) in [6, 6.07) is 6.23. The van der Waals surface area contributed by atoms with Gasteiger partial charge in [-0.1, -0.05) is 12.1 Å². The molecule has 1 aromatic carbocycles. The van der Waals surface area contributed by atoms with Crippen LogP contribution < -0.4 is 11.1 Å². The molecule has 0 spiro atoms. The van der Waals surface area contributed by atoms with E-state index in [0.717, 1.165) is 0 Å². The molecule has 0 bridgehead atoms. The second kappa shape index (κ2) is 8.60. The van der Waals surface area contributed by atoms with Gasteiger partial charge in [-0.05, 0) is 24.6 Å². The van der Waals surface area contributed by atoms with E-state index in [1.54, 1.807) is 18.2 Å². The minimum absolute atomic E-state index is 0. The Balaban J connectivity index is 0.00000441. The number of nitrogens with zero attached hydrogens (tertiary/aromatic N) is 1. The molecule has 2 amide bonds. The molecule has 0 aliphatic rings. The Kier molecular flexibility index (Phi) is 7.89. The standard InChI is InChI=1S/C13H16F3N3O2.ClH/c1-2-19(12(21)13(14,15)16)8-9-4-3-5-10(6-9)18-11(20)7-17;/h3-6H,2,7-8,17H2,1H3,(H,18,20);1H. The predicted molar refractivity (Wildman–Crippen MR) is 78.5 cm³/mol. The SMILES string of the molecule is CCN(Cc1cccc(NC(=O)CN)c1)C(=O)C(F)(F)F.Cl. The van der Waals surface area contributed by atoms with E-state index < -0.39 is 18.0 Å². The third-order valence-electron chi connectivity index (χ3n) is 2.68. The summed E-state index contributed by atoms with van der Waals surface area (Å²) in [7, 11) is 0. The summed E-state index contributed by atoms with van der Waals surface area (Å²) in [4.78, 5) is 23.1. The number of hydrogen-bond acceptors (Lipinski definition) is 3. The van der Waals surface area contributed by atoms with Gasteiger partial charge in [0.15, 0.2) is 0 Å². The van der Waals surface area contributed by atoms with Crippen LogP contribution in [-0.4, -0.2) is 36.0 Å². The van der Waals surface area contributed by atoms with Gasteiger partial charge in [-0.25, -0.2) is 0 Å². The molecule has 124 valence electrons. The Morgan fingerprint density at radius 1 is 1.32 bits per heavy atom. The van der Waals surface area contributed by atoms with Gasteiger partial charge in [0.2, 0.25) is 5.91 Å². The van der Waals surface area contributed by atoms with Gasteiger partial charge in [0, 0.05) is 18.8 Å². The smallest absolute Gasteiger partial charge is 0.331 e. The van der Waals surface area contributed by atoms with Crippen LogP contribution in [0.1, 0.15) is 12.5 Å². The van der Waals surface area contributed by atoms with Crippen molar-refractivity contribution < 1.29 is 22.8 Å². The number of nitrogens with two attached hydrogens (primary N) is 1. The van der Waals surface area contributed by atoms with E-state index in [2.05, 4.69) is 5.32 Å². The lowest BCUT2D eigenvalue weighted by atomic mass is 10.2. The third kappa shape index (κ3) is 5.90. The van der Waals surface area contributed by atoms with Crippen LogP contribution in [0.3, 0.4) is 0 Å². The maximum atomic E-state index is 12.4. The average molecular weight is 340 g/mol. The molecule has 0 aliphatic heterocycles. The summed E-state index contributed by atoms with van der Waals surface area (Å²) in [6.45, 7) is 1.00. The zero-order valence-electron chi connectivity index (χ0n) is 11.8. The van der Waals surface area contributed by atoms with Gasteiger partial charge in [0.05, 0.1) is 6.54 Å². The fourth-order valence-electron chi connectivity index (χ4n) is 1.69. The summed E-state index contributed by atoms with van der Waals surface area (Å²) in [5.74, 6) is -2.30. The first-order valence-electron chi connectivity index (χ1n) is 6.23. The molecule has 0 saturated heterocycles. The molecule has 1 aromatic rings. The Morgan fingerprint density at radius 2 is 1.95 bits per heavy atom. The molecule has 0 radical (unpaired) electrons. The van der Waals surface area contributed by atoms with E-state index in [9.17, 15) is 22.8 Å². The van der Waals surface area contributed by atoms with Crippen molar-refractivity contribution in [1.82, 2.24) is 4.90 Å². The van der Waals surface area contributed by atoms with Gasteiger partial charge < -0.3 is 16.0 Å². The molecule has 0 unspecified atom stereocenters. The van der Waals surface area contributed by atoms with E-state index in [1.807, 2.05) is 0 Å². The highest BCUT2D eigenvalue weighted by Crippen LogP contribution is 2.20. The monoisotopic (exact) mass is 339 g/mol. The van der Waals surface area contributed by atoms with E-state index in [1.165, 1.54) is 13.0 Å². The summed E-state index contributed by atoms with van der Waals surface area (Å²) >= 11 is 0. The van der Waals surface area contributed by atoms with E-state index in [0.29, 0.717) is 16.2 Å². The largest absolute Gasteiger partial charge is 0.471 e. The van der Waals surface area contributed by atoms with Gasteiger partial charge in [0.1, 0.15) is 0 Å². The molecule has 0 fully saturated rings. The Hall–Kier alpha value is -1.80. The second-order valence-corrected chi connectivity index (χ2v) is 4.27. The highest BCUT2D eigenvalue weighted by molar-refractivity contribution is 5.92. The second-order valence-electron chi connectivity index (χ2n) is 4.27. The van der Waals surface area contributed by atoms with Crippen molar-refractivity contribution in [2.24, 2.45) is 5.73 Å². The fourth-order valence-corrected chi connectivity index (χ4v) is 1.69. The Bertz CT molecular complexity index is 523. The maximum Gasteiger partial charge on any atom is 0.471 e. The minimum Gasteiger partial charge on any atom is -0.331 e. The van der Waals surface area contributed by atoms with Crippen molar-refractivity contribution in [2.75, 3.05) is 18.4 Å². The quantitative estimate of drug-likeness (QED) is 0.860. The van der Waals surface area contributed by atoms with E-state index in [4.69, 9.17) is 5.73 Å². The first-order chi connectivity index (χ1) is 9.77. The van der Waals surface area contributed by atoms with Gasteiger partial charge in [-0.2, -0.15) is 13.2 Å². The normalized spacial score (nSPS) is 10.6. The lowest BCUT2D eigenvalue weighted by molar-refractivity contribution is -0.185. The molecule has 22 heavy (non-hydrogen) atoms.